The highest BCUT2D eigenvalue weighted by Crippen LogP contribution is 2.33. The molecule has 0 bridgehead atoms. The standard InChI is InChI=1S/C27H46N4O6/c1-15(2)11-20(18(5)32)29-24(34)22-17(4)16(3)13-31(22)25(35)23(27(6,7)8)30-26(36)28-12-21(33)37-14-19-9-10-19/h15-17,19-20,22-23H,9-14H2,1-8H3,(H,29,34)(H2,28,30,36). The third-order valence-corrected chi connectivity index (χ3v) is 7.24. The molecule has 10 nitrogen and oxygen atoms in total. The van der Waals surface area contributed by atoms with Gasteiger partial charge in [-0.2, -0.15) is 0 Å². The largest absolute Gasteiger partial charge is 0.464 e. The van der Waals surface area contributed by atoms with Crippen LogP contribution in [0.25, 0.3) is 0 Å². The predicted octanol–water partition coefficient (Wildman–Crippen LogP) is 2.26. The van der Waals surface area contributed by atoms with Gasteiger partial charge < -0.3 is 25.6 Å². The number of Topliss-reactive ketones (excluding diaryl/α,β-unsaturated/α-hetero) is 1. The Morgan fingerprint density at radius 2 is 1.65 bits per heavy atom. The zero-order valence-corrected chi connectivity index (χ0v) is 23.7. The molecule has 0 aromatic rings. The topological polar surface area (TPSA) is 134 Å². The number of urea groups is 1. The van der Waals surface area contributed by atoms with E-state index in [0.717, 1.165) is 12.8 Å². The number of nitrogens with zero attached hydrogens (tertiary/aromatic N) is 1. The summed E-state index contributed by atoms with van der Waals surface area (Å²) in [4.78, 5) is 65.4. The molecule has 37 heavy (non-hydrogen) atoms. The number of likely N-dealkylation sites (tertiary alicyclic amines) is 1. The van der Waals surface area contributed by atoms with Gasteiger partial charge in [0.2, 0.25) is 11.8 Å². The molecule has 2 aliphatic rings. The van der Waals surface area contributed by atoms with Crippen molar-refractivity contribution in [1.29, 1.82) is 0 Å². The number of carbonyl (C=O) groups excluding carboxylic acids is 5. The highest BCUT2D eigenvalue weighted by Gasteiger charge is 2.47. The zero-order valence-electron chi connectivity index (χ0n) is 23.7. The Hall–Kier alpha value is -2.65. The summed E-state index contributed by atoms with van der Waals surface area (Å²) in [5.74, 6) is -0.832. The Bertz CT molecular complexity index is 863. The third-order valence-electron chi connectivity index (χ3n) is 7.24. The summed E-state index contributed by atoms with van der Waals surface area (Å²) < 4.78 is 5.13. The van der Waals surface area contributed by atoms with E-state index in [2.05, 4.69) is 16.0 Å². The summed E-state index contributed by atoms with van der Waals surface area (Å²) >= 11 is 0. The van der Waals surface area contributed by atoms with Crippen molar-refractivity contribution in [3.05, 3.63) is 0 Å². The van der Waals surface area contributed by atoms with Gasteiger partial charge in [0.25, 0.3) is 0 Å². The van der Waals surface area contributed by atoms with Crippen LogP contribution in [-0.2, 0) is 23.9 Å². The fraction of sp³-hybridized carbons (Fsp3) is 0.815. The van der Waals surface area contributed by atoms with Gasteiger partial charge in [-0.05, 0) is 55.3 Å². The minimum absolute atomic E-state index is 0.0521. The summed E-state index contributed by atoms with van der Waals surface area (Å²) in [5, 5.41) is 8.04. The van der Waals surface area contributed by atoms with Crippen molar-refractivity contribution in [2.45, 2.75) is 92.8 Å². The molecule has 2 fully saturated rings. The molecule has 10 heteroatoms. The maximum Gasteiger partial charge on any atom is 0.325 e. The number of ether oxygens (including phenoxy) is 1. The Kier molecular flexibility index (Phi) is 10.5. The van der Waals surface area contributed by atoms with E-state index in [1.54, 1.807) is 0 Å². The van der Waals surface area contributed by atoms with Gasteiger partial charge in [-0.1, -0.05) is 48.5 Å². The normalized spacial score (nSPS) is 23.3. The number of carbonyl (C=O) groups is 5. The van der Waals surface area contributed by atoms with Crippen LogP contribution in [0.2, 0.25) is 0 Å². The fourth-order valence-electron chi connectivity index (χ4n) is 4.54. The van der Waals surface area contributed by atoms with Crippen LogP contribution in [0.15, 0.2) is 0 Å². The Balaban J connectivity index is 2.11. The third kappa shape index (κ3) is 9.00. The Morgan fingerprint density at radius 1 is 1.03 bits per heavy atom. The molecule has 0 spiro atoms. The number of rotatable bonds is 11. The van der Waals surface area contributed by atoms with E-state index in [-0.39, 0.29) is 41.9 Å². The molecule has 4 amide bonds. The van der Waals surface area contributed by atoms with Crippen molar-refractivity contribution in [3.63, 3.8) is 0 Å². The molecule has 1 saturated carbocycles. The van der Waals surface area contributed by atoms with Crippen molar-refractivity contribution < 1.29 is 28.7 Å². The molecular weight excluding hydrogens is 476 g/mol. The maximum absolute atomic E-state index is 13.8. The summed E-state index contributed by atoms with van der Waals surface area (Å²) in [5.41, 5.74) is -0.670. The lowest BCUT2D eigenvalue weighted by atomic mass is 9.85. The number of ketones is 1. The van der Waals surface area contributed by atoms with Gasteiger partial charge in [-0.25, -0.2) is 4.79 Å². The Morgan fingerprint density at radius 3 is 2.16 bits per heavy atom. The first kappa shape index (κ1) is 30.6. The maximum atomic E-state index is 13.8. The monoisotopic (exact) mass is 522 g/mol. The van der Waals surface area contributed by atoms with Gasteiger partial charge in [0.05, 0.1) is 12.6 Å². The van der Waals surface area contributed by atoms with Crippen molar-refractivity contribution >= 4 is 29.6 Å². The molecule has 210 valence electrons. The molecule has 5 unspecified atom stereocenters. The molecule has 0 aromatic heterocycles. The minimum atomic E-state index is -0.943. The second-order valence-corrected chi connectivity index (χ2v) is 12.3. The molecule has 1 heterocycles. The van der Waals surface area contributed by atoms with E-state index < -0.39 is 35.5 Å². The highest BCUT2D eigenvalue weighted by molar-refractivity contribution is 5.95. The molecule has 1 aliphatic carbocycles. The van der Waals surface area contributed by atoms with E-state index in [9.17, 15) is 24.0 Å². The number of esters is 1. The van der Waals surface area contributed by atoms with Gasteiger partial charge >= 0.3 is 12.0 Å². The van der Waals surface area contributed by atoms with E-state index in [1.807, 2.05) is 48.5 Å². The Labute approximate surface area is 221 Å². The highest BCUT2D eigenvalue weighted by atomic mass is 16.5. The molecule has 1 saturated heterocycles. The number of nitrogens with one attached hydrogen (secondary N) is 3. The summed E-state index contributed by atoms with van der Waals surface area (Å²) in [7, 11) is 0. The lowest BCUT2D eigenvalue weighted by Gasteiger charge is -2.36. The number of hydrogen-bond donors (Lipinski definition) is 3. The van der Waals surface area contributed by atoms with Crippen LogP contribution >= 0.6 is 0 Å². The average molecular weight is 523 g/mol. The van der Waals surface area contributed by atoms with E-state index in [4.69, 9.17) is 4.74 Å². The van der Waals surface area contributed by atoms with Gasteiger partial charge in [0.15, 0.2) is 5.78 Å². The summed E-state index contributed by atoms with van der Waals surface area (Å²) in [6.45, 7) is 15.2. The SMILES string of the molecule is CC(=O)C(CC(C)C)NC(=O)C1C(C)C(C)CN1C(=O)C(NC(=O)NCC(=O)OCC1CC1)C(C)(C)C. The smallest absolute Gasteiger partial charge is 0.325 e. The van der Waals surface area contributed by atoms with Gasteiger partial charge in [0.1, 0.15) is 18.6 Å². The number of hydrogen-bond acceptors (Lipinski definition) is 6. The lowest BCUT2D eigenvalue weighted by Crippen LogP contribution is -2.60. The van der Waals surface area contributed by atoms with Crippen molar-refractivity contribution in [2.24, 2.45) is 29.1 Å². The predicted molar refractivity (Wildman–Crippen MR) is 139 cm³/mol. The zero-order chi connectivity index (χ0) is 28.1. The average Bonchev–Trinajstić information content (AvgIpc) is 3.56. The first-order valence-corrected chi connectivity index (χ1v) is 13.4. The lowest BCUT2D eigenvalue weighted by molar-refractivity contribution is -0.143. The van der Waals surface area contributed by atoms with E-state index >= 15 is 0 Å². The van der Waals surface area contributed by atoms with Crippen LogP contribution in [-0.4, -0.2) is 72.3 Å². The minimum Gasteiger partial charge on any atom is -0.464 e. The van der Waals surface area contributed by atoms with Gasteiger partial charge in [-0.3, -0.25) is 19.2 Å². The molecule has 0 aromatic carbocycles. The van der Waals surface area contributed by atoms with Crippen LogP contribution in [0.4, 0.5) is 4.79 Å². The van der Waals surface area contributed by atoms with Crippen molar-refractivity contribution in [1.82, 2.24) is 20.9 Å². The number of amides is 4. The van der Waals surface area contributed by atoms with Crippen molar-refractivity contribution in [2.75, 3.05) is 19.7 Å². The second-order valence-electron chi connectivity index (χ2n) is 12.3. The molecule has 5 atom stereocenters. The summed E-state index contributed by atoms with van der Waals surface area (Å²) in [6, 6.07) is -2.98. The second kappa shape index (κ2) is 12.7. The molecule has 3 N–H and O–H groups in total. The van der Waals surface area contributed by atoms with Crippen molar-refractivity contribution in [3.8, 4) is 0 Å². The van der Waals surface area contributed by atoms with Crippen LogP contribution in [0, 0.1) is 29.1 Å². The van der Waals surface area contributed by atoms with Crippen LogP contribution in [0.1, 0.15) is 74.7 Å². The fourth-order valence-corrected chi connectivity index (χ4v) is 4.54. The van der Waals surface area contributed by atoms with Crippen LogP contribution in [0.5, 0.6) is 0 Å². The summed E-state index contributed by atoms with van der Waals surface area (Å²) in [6.07, 6.45) is 2.62. The quantitative estimate of drug-likeness (QED) is 0.357. The van der Waals surface area contributed by atoms with E-state index in [0.29, 0.717) is 25.5 Å². The van der Waals surface area contributed by atoms with Gasteiger partial charge in [-0.15, -0.1) is 0 Å². The van der Waals surface area contributed by atoms with Gasteiger partial charge in [0, 0.05) is 6.54 Å². The molecular formula is C27H46N4O6. The molecule has 2 rings (SSSR count). The van der Waals surface area contributed by atoms with E-state index in [1.165, 1.54) is 11.8 Å². The molecule has 1 aliphatic heterocycles. The first-order chi connectivity index (χ1) is 17.1. The van der Waals surface area contributed by atoms with Crippen LogP contribution < -0.4 is 16.0 Å². The first-order valence-electron chi connectivity index (χ1n) is 13.4. The molecule has 0 radical (unpaired) electrons. The van der Waals surface area contributed by atoms with Crippen LogP contribution in [0.3, 0.4) is 0 Å².